The maximum absolute atomic E-state index is 12.3. The number of aliphatic carboxylic acids is 1. The first-order valence-corrected chi connectivity index (χ1v) is 6.63. The van der Waals surface area contributed by atoms with E-state index in [1.165, 1.54) is 0 Å². The minimum absolute atomic E-state index is 0.0558. The van der Waals surface area contributed by atoms with Gasteiger partial charge in [0.15, 0.2) is 0 Å². The van der Waals surface area contributed by atoms with Crippen molar-refractivity contribution < 1.29 is 19.4 Å². The van der Waals surface area contributed by atoms with Crippen LogP contribution in [0, 0.1) is 0 Å². The number of nitrogens with zero attached hydrogens (tertiary/aromatic N) is 1. The van der Waals surface area contributed by atoms with Gasteiger partial charge in [-0.15, -0.1) is 0 Å². The largest absolute Gasteiger partial charge is 0.481 e. The van der Waals surface area contributed by atoms with Gasteiger partial charge in [-0.3, -0.25) is 9.59 Å². The van der Waals surface area contributed by atoms with Crippen LogP contribution in [0.4, 0.5) is 0 Å². The van der Waals surface area contributed by atoms with E-state index >= 15 is 0 Å². The Labute approximate surface area is 107 Å². The van der Waals surface area contributed by atoms with Crippen molar-refractivity contribution in [2.45, 2.75) is 56.6 Å². The van der Waals surface area contributed by atoms with Gasteiger partial charge in [-0.25, -0.2) is 0 Å². The molecule has 1 unspecified atom stereocenters. The maximum Gasteiger partial charge on any atom is 0.305 e. The molecule has 5 heteroatoms. The Morgan fingerprint density at radius 1 is 1.39 bits per heavy atom. The second-order valence-electron chi connectivity index (χ2n) is 5.40. The first-order chi connectivity index (χ1) is 8.56. The van der Waals surface area contributed by atoms with Crippen molar-refractivity contribution in [2.75, 3.05) is 13.7 Å². The highest BCUT2D eigenvalue weighted by Crippen LogP contribution is 2.39. The van der Waals surface area contributed by atoms with Crippen molar-refractivity contribution in [1.82, 2.24) is 4.90 Å². The molecule has 102 valence electrons. The Balaban J connectivity index is 1.93. The number of carboxylic acids is 1. The molecule has 0 aromatic rings. The minimum atomic E-state index is -0.829. The Hall–Kier alpha value is -1.10. The van der Waals surface area contributed by atoms with Gasteiger partial charge in [0.25, 0.3) is 0 Å². The maximum atomic E-state index is 12.3. The van der Waals surface area contributed by atoms with Gasteiger partial charge in [0.05, 0.1) is 18.4 Å². The second-order valence-corrected chi connectivity index (χ2v) is 5.40. The summed E-state index contributed by atoms with van der Waals surface area (Å²) in [6.45, 7) is 0.691. The molecule has 2 fully saturated rings. The van der Waals surface area contributed by atoms with Crippen LogP contribution in [0.2, 0.25) is 0 Å². The lowest BCUT2D eigenvalue weighted by Crippen LogP contribution is -2.46. The first kappa shape index (κ1) is 13.3. The number of carboxylic acid groups (broad SMARTS) is 1. The van der Waals surface area contributed by atoms with Crippen LogP contribution in [0.1, 0.15) is 44.9 Å². The van der Waals surface area contributed by atoms with Crippen molar-refractivity contribution in [1.29, 1.82) is 0 Å². The lowest BCUT2D eigenvalue weighted by molar-refractivity contribution is -0.146. The molecule has 2 aliphatic rings. The predicted molar refractivity (Wildman–Crippen MR) is 65.2 cm³/mol. The molecule has 1 aliphatic heterocycles. The molecule has 1 saturated carbocycles. The van der Waals surface area contributed by atoms with Gasteiger partial charge in [-0.05, 0) is 32.1 Å². The molecule has 1 atom stereocenters. The zero-order valence-electron chi connectivity index (χ0n) is 10.9. The Bertz CT molecular complexity index is 332. The summed E-state index contributed by atoms with van der Waals surface area (Å²) in [5.74, 6) is -0.773. The zero-order valence-corrected chi connectivity index (χ0v) is 10.9. The molecule has 0 aromatic heterocycles. The lowest BCUT2D eigenvalue weighted by atomic mass is 9.77. The molecule has 1 aliphatic carbocycles. The number of ether oxygens (including phenoxy) is 1. The SMILES string of the molecule is COC1(CC(=O)N2CCCC2CC(=O)O)CCC1. The Morgan fingerprint density at radius 3 is 2.61 bits per heavy atom. The quantitative estimate of drug-likeness (QED) is 0.806. The van der Waals surface area contributed by atoms with Crippen LogP contribution in [0.3, 0.4) is 0 Å². The standard InChI is InChI=1S/C13H21NO4/c1-18-13(5-3-6-13)9-11(15)14-7-2-4-10(14)8-12(16)17/h10H,2-9H2,1H3,(H,16,17). The summed E-state index contributed by atoms with van der Waals surface area (Å²) >= 11 is 0. The summed E-state index contributed by atoms with van der Waals surface area (Å²) in [6.07, 6.45) is 5.16. The van der Waals surface area contributed by atoms with Crippen molar-refractivity contribution in [3.63, 3.8) is 0 Å². The van der Waals surface area contributed by atoms with Crippen LogP contribution in [-0.2, 0) is 14.3 Å². The highest BCUT2D eigenvalue weighted by atomic mass is 16.5. The molecule has 1 saturated heterocycles. The fourth-order valence-electron chi connectivity index (χ4n) is 2.98. The summed E-state index contributed by atoms with van der Waals surface area (Å²) in [4.78, 5) is 24.8. The zero-order chi connectivity index (χ0) is 13.2. The number of hydrogen-bond acceptors (Lipinski definition) is 3. The van der Waals surface area contributed by atoms with Crippen molar-refractivity contribution in [2.24, 2.45) is 0 Å². The summed E-state index contributed by atoms with van der Waals surface area (Å²) < 4.78 is 5.46. The van der Waals surface area contributed by atoms with E-state index in [1.807, 2.05) is 0 Å². The van der Waals surface area contributed by atoms with E-state index in [1.54, 1.807) is 12.0 Å². The molecule has 1 N–H and O–H groups in total. The molecular formula is C13H21NO4. The summed E-state index contributed by atoms with van der Waals surface area (Å²) in [5, 5.41) is 8.85. The molecule has 0 aromatic carbocycles. The number of methoxy groups -OCH3 is 1. The average molecular weight is 255 g/mol. The Kier molecular flexibility index (Phi) is 3.90. The average Bonchev–Trinajstić information content (AvgIpc) is 2.70. The van der Waals surface area contributed by atoms with E-state index in [0.29, 0.717) is 13.0 Å². The molecule has 18 heavy (non-hydrogen) atoms. The van der Waals surface area contributed by atoms with E-state index in [2.05, 4.69) is 0 Å². The monoisotopic (exact) mass is 255 g/mol. The number of carbonyl (C=O) groups excluding carboxylic acids is 1. The predicted octanol–water partition coefficient (Wildman–Crippen LogP) is 1.41. The van der Waals surface area contributed by atoms with Gasteiger partial charge in [0.1, 0.15) is 0 Å². The Morgan fingerprint density at radius 2 is 2.11 bits per heavy atom. The molecule has 0 bridgehead atoms. The second kappa shape index (κ2) is 5.26. The molecule has 2 rings (SSSR count). The van der Waals surface area contributed by atoms with Crippen LogP contribution >= 0.6 is 0 Å². The highest BCUT2D eigenvalue weighted by Gasteiger charge is 2.41. The van der Waals surface area contributed by atoms with E-state index in [0.717, 1.165) is 32.1 Å². The van der Waals surface area contributed by atoms with Crippen LogP contribution in [0.5, 0.6) is 0 Å². The van der Waals surface area contributed by atoms with Crippen LogP contribution < -0.4 is 0 Å². The number of amides is 1. The third kappa shape index (κ3) is 2.66. The smallest absolute Gasteiger partial charge is 0.305 e. The van der Waals surface area contributed by atoms with Gasteiger partial charge in [0.2, 0.25) is 5.91 Å². The topological polar surface area (TPSA) is 66.8 Å². The first-order valence-electron chi connectivity index (χ1n) is 6.63. The molecule has 1 heterocycles. The summed E-state index contributed by atoms with van der Waals surface area (Å²) in [5.41, 5.74) is -0.270. The third-order valence-corrected chi connectivity index (χ3v) is 4.28. The van der Waals surface area contributed by atoms with Crippen molar-refractivity contribution in [3.8, 4) is 0 Å². The normalized spacial score (nSPS) is 25.8. The van der Waals surface area contributed by atoms with Crippen LogP contribution in [-0.4, -0.2) is 47.2 Å². The van der Waals surface area contributed by atoms with Crippen molar-refractivity contribution >= 4 is 11.9 Å². The summed E-state index contributed by atoms with van der Waals surface area (Å²) in [6, 6.07) is -0.121. The lowest BCUT2D eigenvalue weighted by Gasteiger charge is -2.41. The van der Waals surface area contributed by atoms with E-state index in [9.17, 15) is 9.59 Å². The van der Waals surface area contributed by atoms with Crippen molar-refractivity contribution in [3.05, 3.63) is 0 Å². The number of carbonyl (C=O) groups is 2. The summed E-state index contributed by atoms with van der Waals surface area (Å²) in [7, 11) is 1.66. The number of likely N-dealkylation sites (tertiary alicyclic amines) is 1. The van der Waals surface area contributed by atoms with Crippen LogP contribution in [0.25, 0.3) is 0 Å². The van der Waals surface area contributed by atoms with Gasteiger partial charge in [-0.1, -0.05) is 0 Å². The van der Waals surface area contributed by atoms with Gasteiger partial charge < -0.3 is 14.7 Å². The number of hydrogen-bond donors (Lipinski definition) is 1. The van der Waals surface area contributed by atoms with Gasteiger partial charge >= 0.3 is 5.97 Å². The van der Waals surface area contributed by atoms with E-state index in [-0.39, 0.29) is 24.0 Å². The molecule has 5 nitrogen and oxygen atoms in total. The third-order valence-electron chi connectivity index (χ3n) is 4.28. The molecular weight excluding hydrogens is 234 g/mol. The van der Waals surface area contributed by atoms with E-state index < -0.39 is 5.97 Å². The fraction of sp³-hybridized carbons (Fsp3) is 0.846. The molecule has 0 radical (unpaired) electrons. The van der Waals surface area contributed by atoms with Crippen LogP contribution in [0.15, 0.2) is 0 Å². The van der Waals surface area contributed by atoms with E-state index in [4.69, 9.17) is 9.84 Å². The number of rotatable bonds is 5. The van der Waals surface area contributed by atoms with Gasteiger partial charge in [0, 0.05) is 19.7 Å². The van der Waals surface area contributed by atoms with Gasteiger partial charge in [-0.2, -0.15) is 0 Å². The molecule has 1 amide bonds. The minimum Gasteiger partial charge on any atom is -0.481 e. The highest BCUT2D eigenvalue weighted by molar-refractivity contribution is 5.79. The molecule has 0 spiro atoms. The fourth-order valence-corrected chi connectivity index (χ4v) is 2.98.